The zero-order valence-electron chi connectivity index (χ0n) is 9.87. The number of H-pyrrole nitrogens is 1. The molecule has 1 aliphatic heterocycles. The van der Waals surface area contributed by atoms with Gasteiger partial charge in [-0.05, 0) is 39.3 Å². The van der Waals surface area contributed by atoms with Crippen LogP contribution in [-0.2, 0) is 5.54 Å². The second-order valence-electron chi connectivity index (χ2n) is 5.44. The van der Waals surface area contributed by atoms with Gasteiger partial charge in [-0.25, -0.2) is 4.98 Å². The van der Waals surface area contributed by atoms with Crippen molar-refractivity contribution in [1.82, 2.24) is 14.9 Å². The molecular weight excluding hydrogens is 200 g/mol. The molecule has 88 valence electrons. The maximum atomic E-state index is 6.13. The number of hydrogen-bond acceptors (Lipinski definition) is 3. The molecule has 3 rings (SSSR count). The number of hydrogen-bond donors (Lipinski definition) is 2. The smallest absolute Gasteiger partial charge is 0.126 e. The van der Waals surface area contributed by atoms with Gasteiger partial charge in [-0.2, -0.15) is 0 Å². The van der Waals surface area contributed by atoms with Crippen LogP contribution in [0.5, 0.6) is 0 Å². The number of nitrogens with zero attached hydrogens (tertiary/aromatic N) is 2. The molecule has 2 fully saturated rings. The fourth-order valence-corrected chi connectivity index (χ4v) is 2.59. The minimum absolute atomic E-state index is 0.126. The number of aromatic nitrogens is 2. The van der Waals surface area contributed by atoms with Crippen molar-refractivity contribution in [3.63, 3.8) is 0 Å². The van der Waals surface area contributed by atoms with Gasteiger partial charge in [-0.15, -0.1) is 0 Å². The first-order chi connectivity index (χ1) is 7.67. The largest absolute Gasteiger partial charge is 0.344 e. The first-order valence-electron chi connectivity index (χ1n) is 6.20. The van der Waals surface area contributed by atoms with Gasteiger partial charge >= 0.3 is 0 Å². The molecule has 1 aliphatic carbocycles. The van der Waals surface area contributed by atoms with E-state index in [1.807, 2.05) is 6.20 Å². The summed E-state index contributed by atoms with van der Waals surface area (Å²) in [4.78, 5) is 10.3. The molecule has 4 nitrogen and oxygen atoms in total. The second-order valence-corrected chi connectivity index (χ2v) is 5.44. The average molecular weight is 220 g/mol. The van der Waals surface area contributed by atoms with Gasteiger partial charge in [-0.1, -0.05) is 0 Å². The van der Waals surface area contributed by atoms with Crippen LogP contribution in [0.4, 0.5) is 0 Å². The number of aromatic amines is 1. The SMILES string of the molecule is CN1CCCC(c2cnc(C3(N)CC3)[nH]2)C1. The number of piperidine rings is 1. The van der Waals surface area contributed by atoms with Gasteiger partial charge in [-0.3, -0.25) is 0 Å². The van der Waals surface area contributed by atoms with Crippen molar-refractivity contribution >= 4 is 0 Å². The Bertz CT molecular complexity index is 380. The van der Waals surface area contributed by atoms with Crippen LogP contribution in [0.2, 0.25) is 0 Å². The molecule has 2 heterocycles. The molecule has 1 saturated heterocycles. The fraction of sp³-hybridized carbons (Fsp3) is 0.750. The molecule has 4 heteroatoms. The summed E-state index contributed by atoms with van der Waals surface area (Å²) < 4.78 is 0. The second kappa shape index (κ2) is 3.57. The van der Waals surface area contributed by atoms with Crippen molar-refractivity contribution < 1.29 is 0 Å². The first kappa shape index (κ1) is 10.3. The van der Waals surface area contributed by atoms with E-state index in [9.17, 15) is 0 Å². The van der Waals surface area contributed by atoms with Gasteiger partial charge in [0.1, 0.15) is 5.82 Å². The highest BCUT2D eigenvalue weighted by atomic mass is 15.1. The standard InChI is InChI=1S/C12H20N4/c1-16-6-2-3-9(8-16)10-7-14-11(15-10)12(13)4-5-12/h7,9H,2-6,8,13H2,1H3,(H,14,15). The molecule has 1 unspecified atom stereocenters. The molecule has 0 spiro atoms. The molecule has 0 bridgehead atoms. The van der Waals surface area contributed by atoms with Crippen molar-refractivity contribution in [2.24, 2.45) is 5.73 Å². The zero-order valence-corrected chi connectivity index (χ0v) is 9.87. The van der Waals surface area contributed by atoms with Crippen LogP contribution < -0.4 is 5.73 Å². The predicted octanol–water partition coefficient (Wildman–Crippen LogP) is 1.17. The van der Waals surface area contributed by atoms with E-state index in [2.05, 4.69) is 21.9 Å². The van der Waals surface area contributed by atoms with E-state index in [1.165, 1.54) is 25.1 Å². The van der Waals surface area contributed by atoms with E-state index in [-0.39, 0.29) is 5.54 Å². The van der Waals surface area contributed by atoms with Crippen molar-refractivity contribution in [1.29, 1.82) is 0 Å². The molecule has 0 amide bonds. The molecule has 0 radical (unpaired) electrons. The highest BCUT2D eigenvalue weighted by Crippen LogP contribution is 2.41. The fourth-order valence-electron chi connectivity index (χ4n) is 2.59. The average Bonchev–Trinajstić information content (AvgIpc) is 2.83. The maximum Gasteiger partial charge on any atom is 0.126 e. The number of likely N-dealkylation sites (N-methyl/N-ethyl adjacent to an activating group) is 1. The Labute approximate surface area is 96.2 Å². The van der Waals surface area contributed by atoms with Crippen LogP contribution in [0.1, 0.15) is 43.1 Å². The molecular formula is C12H20N4. The van der Waals surface area contributed by atoms with E-state index >= 15 is 0 Å². The van der Waals surface area contributed by atoms with E-state index in [1.54, 1.807) is 0 Å². The Hall–Kier alpha value is -0.870. The van der Waals surface area contributed by atoms with E-state index in [4.69, 9.17) is 5.73 Å². The van der Waals surface area contributed by atoms with Crippen LogP contribution in [0.15, 0.2) is 6.20 Å². The van der Waals surface area contributed by atoms with Crippen molar-refractivity contribution in [2.45, 2.75) is 37.1 Å². The van der Waals surface area contributed by atoms with Crippen molar-refractivity contribution in [3.8, 4) is 0 Å². The Kier molecular flexibility index (Phi) is 2.30. The summed E-state index contributed by atoms with van der Waals surface area (Å²) in [5.74, 6) is 1.61. The molecule has 1 atom stereocenters. The Morgan fingerprint density at radius 3 is 3.06 bits per heavy atom. The number of nitrogens with one attached hydrogen (secondary N) is 1. The number of likely N-dealkylation sites (tertiary alicyclic amines) is 1. The molecule has 2 aliphatic rings. The zero-order chi connectivity index (χ0) is 11.2. The van der Waals surface area contributed by atoms with Gasteiger partial charge in [0.2, 0.25) is 0 Å². The number of imidazole rings is 1. The third kappa shape index (κ3) is 1.76. The van der Waals surface area contributed by atoms with Gasteiger partial charge in [0.15, 0.2) is 0 Å². The first-order valence-corrected chi connectivity index (χ1v) is 6.20. The third-order valence-corrected chi connectivity index (χ3v) is 3.92. The third-order valence-electron chi connectivity index (χ3n) is 3.92. The van der Waals surface area contributed by atoms with Crippen molar-refractivity contribution in [2.75, 3.05) is 20.1 Å². The van der Waals surface area contributed by atoms with E-state index in [0.29, 0.717) is 5.92 Å². The predicted molar refractivity (Wildman–Crippen MR) is 63.2 cm³/mol. The van der Waals surface area contributed by atoms with Gasteiger partial charge in [0.25, 0.3) is 0 Å². The number of rotatable bonds is 2. The number of nitrogens with two attached hydrogens (primary N) is 1. The monoisotopic (exact) mass is 220 g/mol. The van der Waals surface area contributed by atoms with Crippen molar-refractivity contribution in [3.05, 3.63) is 17.7 Å². The maximum absolute atomic E-state index is 6.13. The van der Waals surface area contributed by atoms with E-state index < -0.39 is 0 Å². The Balaban J connectivity index is 1.76. The van der Waals surface area contributed by atoms with Crippen LogP contribution in [0, 0.1) is 0 Å². The topological polar surface area (TPSA) is 57.9 Å². The normalized spacial score (nSPS) is 29.2. The Morgan fingerprint density at radius 2 is 2.38 bits per heavy atom. The molecule has 16 heavy (non-hydrogen) atoms. The molecule has 1 saturated carbocycles. The molecule has 1 aromatic heterocycles. The molecule has 3 N–H and O–H groups in total. The molecule has 1 aromatic rings. The minimum Gasteiger partial charge on any atom is -0.344 e. The lowest BCUT2D eigenvalue weighted by Crippen LogP contribution is -2.31. The minimum atomic E-state index is -0.126. The molecule has 0 aromatic carbocycles. The summed E-state index contributed by atoms with van der Waals surface area (Å²) in [5.41, 5.74) is 7.28. The van der Waals surface area contributed by atoms with Crippen LogP contribution in [-0.4, -0.2) is 35.0 Å². The highest BCUT2D eigenvalue weighted by molar-refractivity contribution is 5.19. The Morgan fingerprint density at radius 1 is 1.56 bits per heavy atom. The lowest BCUT2D eigenvalue weighted by Gasteiger charge is -2.28. The summed E-state index contributed by atoms with van der Waals surface area (Å²) in [6.45, 7) is 2.36. The van der Waals surface area contributed by atoms with Gasteiger partial charge in [0.05, 0.1) is 5.54 Å². The van der Waals surface area contributed by atoms with Gasteiger partial charge in [0, 0.05) is 24.4 Å². The van der Waals surface area contributed by atoms with Crippen LogP contribution in [0.25, 0.3) is 0 Å². The lowest BCUT2D eigenvalue weighted by molar-refractivity contribution is 0.248. The summed E-state index contributed by atoms with van der Waals surface area (Å²) in [7, 11) is 2.19. The van der Waals surface area contributed by atoms with Crippen LogP contribution in [0.3, 0.4) is 0 Å². The summed E-state index contributed by atoms with van der Waals surface area (Å²) >= 11 is 0. The lowest BCUT2D eigenvalue weighted by atomic mass is 9.96. The quantitative estimate of drug-likeness (QED) is 0.786. The summed E-state index contributed by atoms with van der Waals surface area (Å²) in [5, 5.41) is 0. The summed E-state index contributed by atoms with van der Waals surface area (Å²) in [6.07, 6.45) is 6.69. The van der Waals surface area contributed by atoms with Crippen LogP contribution >= 0.6 is 0 Å². The highest BCUT2D eigenvalue weighted by Gasteiger charge is 2.43. The van der Waals surface area contributed by atoms with Gasteiger partial charge < -0.3 is 15.6 Å². The summed E-state index contributed by atoms with van der Waals surface area (Å²) in [6, 6.07) is 0. The van der Waals surface area contributed by atoms with E-state index in [0.717, 1.165) is 25.2 Å².